The number of aryl methyl sites for hydroxylation is 1. The molecule has 0 spiro atoms. The Kier molecular flexibility index (Phi) is 12.0. The Morgan fingerprint density at radius 3 is 1.16 bits per heavy atom. The summed E-state index contributed by atoms with van der Waals surface area (Å²) in [7, 11) is 0. The van der Waals surface area contributed by atoms with Crippen molar-refractivity contribution in [3.05, 3.63) is 151 Å². The van der Waals surface area contributed by atoms with Crippen molar-refractivity contribution in [2.24, 2.45) is 16.2 Å². The van der Waals surface area contributed by atoms with Crippen LogP contribution in [0.1, 0.15) is 52.0 Å². The van der Waals surface area contributed by atoms with Gasteiger partial charge in [-0.05, 0) is 132 Å². The van der Waals surface area contributed by atoms with Gasteiger partial charge in [0.1, 0.15) is 11.5 Å². The summed E-state index contributed by atoms with van der Waals surface area (Å²) in [5.41, 5.74) is 12.2. The molecule has 0 saturated carbocycles. The highest BCUT2D eigenvalue weighted by Gasteiger charge is 2.39. The molecule has 0 aromatic heterocycles. The van der Waals surface area contributed by atoms with Crippen LogP contribution in [0.3, 0.4) is 0 Å². The van der Waals surface area contributed by atoms with Crippen molar-refractivity contribution in [2.45, 2.75) is 52.9 Å². The van der Waals surface area contributed by atoms with E-state index < -0.39 is 0 Å². The van der Waals surface area contributed by atoms with E-state index in [1.54, 1.807) is 0 Å². The van der Waals surface area contributed by atoms with Gasteiger partial charge in [0.2, 0.25) is 0 Å². The lowest BCUT2D eigenvalue weighted by molar-refractivity contribution is -0.133. The van der Waals surface area contributed by atoms with Crippen LogP contribution in [0, 0.1) is 16.2 Å². The first-order valence-electron chi connectivity index (χ1n) is 22.3. The summed E-state index contributed by atoms with van der Waals surface area (Å²) in [5.74, 6) is 1.78. The van der Waals surface area contributed by atoms with Crippen molar-refractivity contribution in [1.82, 2.24) is 0 Å². The smallest absolute Gasteiger partial charge is 0.119 e. The minimum absolute atomic E-state index is 0.132. The molecule has 3 aliphatic rings. The maximum atomic E-state index is 6.31. The van der Waals surface area contributed by atoms with Crippen LogP contribution in [0.15, 0.2) is 146 Å². The summed E-state index contributed by atoms with van der Waals surface area (Å²) >= 11 is 0. The van der Waals surface area contributed by atoms with Crippen LogP contribution in [0.4, 0.5) is 17.1 Å². The zero-order chi connectivity index (χ0) is 41.7. The van der Waals surface area contributed by atoms with Gasteiger partial charge in [-0.2, -0.15) is 0 Å². The van der Waals surface area contributed by atoms with E-state index in [1.165, 1.54) is 29.5 Å². The number of ether oxygens (including phenoxy) is 5. The van der Waals surface area contributed by atoms with Gasteiger partial charge in [-0.3, -0.25) is 0 Å². The highest BCUT2D eigenvalue weighted by atomic mass is 16.5. The molecular weight excluding hydrogens is 755 g/mol. The maximum Gasteiger partial charge on any atom is 0.119 e. The van der Waals surface area contributed by atoms with Crippen molar-refractivity contribution >= 4 is 17.1 Å². The molecule has 6 nitrogen and oxygen atoms in total. The van der Waals surface area contributed by atoms with Gasteiger partial charge in [-0.1, -0.05) is 106 Å². The summed E-state index contributed by atoms with van der Waals surface area (Å²) in [6, 6.07) is 52.7. The van der Waals surface area contributed by atoms with E-state index in [2.05, 4.69) is 159 Å². The number of nitrogens with zero attached hydrogens (tertiary/aromatic N) is 1. The molecule has 6 aromatic carbocycles. The highest BCUT2D eigenvalue weighted by Crippen LogP contribution is 2.40. The first-order valence-corrected chi connectivity index (χ1v) is 22.3. The monoisotopic (exact) mass is 813 g/mol. The molecule has 6 aromatic rings. The number of hydrogen-bond acceptors (Lipinski definition) is 6. The summed E-state index contributed by atoms with van der Waals surface area (Å²) in [6.07, 6.45) is 5.52. The van der Waals surface area contributed by atoms with E-state index in [1.807, 2.05) is 12.1 Å². The summed E-state index contributed by atoms with van der Waals surface area (Å²) < 4.78 is 29.3. The topological polar surface area (TPSA) is 49.4 Å². The maximum absolute atomic E-state index is 6.31. The first kappa shape index (κ1) is 41.0. The summed E-state index contributed by atoms with van der Waals surface area (Å²) in [5, 5.41) is 0. The Hall–Kier alpha value is -5.40. The van der Waals surface area contributed by atoms with Gasteiger partial charge in [-0.15, -0.1) is 0 Å². The van der Waals surface area contributed by atoms with Gasteiger partial charge < -0.3 is 28.6 Å². The second-order valence-electron chi connectivity index (χ2n) is 17.8. The van der Waals surface area contributed by atoms with Crippen molar-refractivity contribution in [3.8, 4) is 44.9 Å². The molecule has 9 rings (SSSR count). The van der Waals surface area contributed by atoms with E-state index in [0.717, 1.165) is 110 Å². The Morgan fingerprint density at radius 1 is 0.426 bits per heavy atom. The van der Waals surface area contributed by atoms with E-state index in [4.69, 9.17) is 23.7 Å². The SMILES string of the molecule is CCC1(CCc2cccc(-c3ccc(N(c4ccc(-c5cccc(OCC6(CC)COC6)c5)cc4)c4ccc(-c5cccc(OCC6(CC)COC6)c5)cc4)cc3)c2)COC1. The third-order valence-electron chi connectivity index (χ3n) is 13.7. The largest absolute Gasteiger partial charge is 0.493 e. The molecule has 3 fully saturated rings. The zero-order valence-corrected chi connectivity index (χ0v) is 36.0. The Balaban J connectivity index is 0.973. The van der Waals surface area contributed by atoms with Gasteiger partial charge in [0.15, 0.2) is 0 Å². The van der Waals surface area contributed by atoms with Crippen molar-refractivity contribution in [2.75, 3.05) is 57.8 Å². The minimum Gasteiger partial charge on any atom is -0.493 e. The average molecular weight is 814 g/mol. The van der Waals surface area contributed by atoms with Crippen molar-refractivity contribution < 1.29 is 23.7 Å². The normalized spacial score (nSPS) is 17.0. The van der Waals surface area contributed by atoms with Gasteiger partial charge in [0, 0.05) is 22.5 Å². The van der Waals surface area contributed by atoms with E-state index >= 15 is 0 Å². The summed E-state index contributed by atoms with van der Waals surface area (Å²) in [4.78, 5) is 2.34. The van der Waals surface area contributed by atoms with Crippen LogP contribution in [0.5, 0.6) is 11.5 Å². The lowest BCUT2D eigenvalue weighted by Gasteiger charge is -2.41. The second-order valence-corrected chi connectivity index (χ2v) is 17.8. The summed E-state index contributed by atoms with van der Waals surface area (Å²) in [6.45, 7) is 12.9. The Labute approximate surface area is 362 Å². The number of anilines is 3. The van der Waals surface area contributed by atoms with E-state index in [-0.39, 0.29) is 10.8 Å². The number of hydrogen-bond donors (Lipinski definition) is 0. The lowest BCUT2D eigenvalue weighted by atomic mass is 9.78. The lowest BCUT2D eigenvalue weighted by Crippen LogP contribution is -2.46. The molecule has 0 amide bonds. The predicted molar refractivity (Wildman–Crippen MR) is 247 cm³/mol. The molecule has 6 heteroatoms. The quantitative estimate of drug-likeness (QED) is 0.0861. The Morgan fingerprint density at radius 2 is 0.803 bits per heavy atom. The molecule has 0 bridgehead atoms. The van der Waals surface area contributed by atoms with E-state index in [9.17, 15) is 0 Å². The third kappa shape index (κ3) is 8.99. The van der Waals surface area contributed by atoms with Crippen LogP contribution >= 0.6 is 0 Å². The van der Waals surface area contributed by atoms with Crippen molar-refractivity contribution in [1.29, 1.82) is 0 Å². The van der Waals surface area contributed by atoms with Gasteiger partial charge >= 0.3 is 0 Å². The fourth-order valence-electron chi connectivity index (χ4n) is 8.65. The third-order valence-corrected chi connectivity index (χ3v) is 13.7. The van der Waals surface area contributed by atoms with Crippen LogP contribution in [-0.4, -0.2) is 52.9 Å². The molecular formula is C55H59NO5. The fourth-order valence-corrected chi connectivity index (χ4v) is 8.65. The van der Waals surface area contributed by atoms with Gasteiger partial charge in [0.05, 0.1) is 63.7 Å². The first-order chi connectivity index (χ1) is 29.9. The fraction of sp³-hybridized carbons (Fsp3) is 0.345. The van der Waals surface area contributed by atoms with Crippen LogP contribution in [0.2, 0.25) is 0 Å². The highest BCUT2D eigenvalue weighted by molar-refractivity contribution is 5.81. The molecule has 61 heavy (non-hydrogen) atoms. The molecule has 0 N–H and O–H groups in total. The standard InChI is InChI=1S/C55H59NO5/c1-4-53(33-57-34-53)29-28-41-10-7-11-45(30-41)42-16-22-48(23-17-42)56(49-24-18-43(19-25-49)46-12-8-14-51(31-46)60-39-54(5-2)35-58-36-54)50-26-20-44(21-27-50)47-13-9-15-52(32-47)61-40-55(6-3)37-59-38-55/h7-27,30-32H,4-6,28-29,33-40H2,1-3H3. The molecule has 0 atom stereocenters. The number of rotatable bonds is 18. The minimum atomic E-state index is 0.132. The van der Waals surface area contributed by atoms with Gasteiger partial charge in [0.25, 0.3) is 0 Å². The van der Waals surface area contributed by atoms with Gasteiger partial charge in [-0.25, -0.2) is 0 Å². The Bertz CT molecular complexity index is 2090. The van der Waals surface area contributed by atoms with Crippen molar-refractivity contribution in [3.63, 3.8) is 0 Å². The average Bonchev–Trinajstić information content (AvgIpc) is 3.27. The van der Waals surface area contributed by atoms with Crippen LogP contribution < -0.4 is 14.4 Å². The van der Waals surface area contributed by atoms with E-state index in [0.29, 0.717) is 18.6 Å². The molecule has 3 saturated heterocycles. The molecule has 3 aliphatic heterocycles. The number of benzene rings is 6. The van der Waals surface area contributed by atoms with Crippen LogP contribution in [0.25, 0.3) is 33.4 Å². The molecule has 0 aliphatic carbocycles. The molecule has 3 heterocycles. The predicted octanol–water partition coefficient (Wildman–Crippen LogP) is 13.1. The molecule has 0 radical (unpaired) electrons. The zero-order valence-electron chi connectivity index (χ0n) is 36.0. The molecule has 314 valence electrons. The van der Waals surface area contributed by atoms with Crippen LogP contribution in [-0.2, 0) is 20.6 Å². The second kappa shape index (κ2) is 17.9. The molecule has 0 unspecified atom stereocenters.